The second-order valence-electron chi connectivity index (χ2n) is 8.58. The highest BCUT2D eigenvalue weighted by atomic mass is 19.1. The van der Waals surface area contributed by atoms with E-state index in [1.54, 1.807) is 36.4 Å². The molecule has 36 heavy (non-hydrogen) atoms. The summed E-state index contributed by atoms with van der Waals surface area (Å²) in [6.45, 7) is 4.48. The van der Waals surface area contributed by atoms with Crippen molar-refractivity contribution in [1.29, 1.82) is 0 Å². The van der Waals surface area contributed by atoms with Gasteiger partial charge in [-0.15, -0.1) is 0 Å². The van der Waals surface area contributed by atoms with Crippen LogP contribution in [0.15, 0.2) is 78.6 Å². The van der Waals surface area contributed by atoms with E-state index < -0.39 is 11.7 Å². The zero-order chi connectivity index (χ0) is 25.5. The molecule has 1 atom stereocenters. The molecule has 1 unspecified atom stereocenters. The zero-order valence-corrected chi connectivity index (χ0v) is 20.4. The summed E-state index contributed by atoms with van der Waals surface area (Å²) < 4.78 is 25.1. The number of halogens is 1. The van der Waals surface area contributed by atoms with E-state index in [9.17, 15) is 14.0 Å². The highest BCUT2D eigenvalue weighted by Crippen LogP contribution is 2.35. The van der Waals surface area contributed by atoms with Crippen molar-refractivity contribution < 1.29 is 23.5 Å². The molecule has 0 fully saturated rings. The minimum atomic E-state index is -0.477. The Hall–Kier alpha value is -4.13. The van der Waals surface area contributed by atoms with Crippen LogP contribution in [0.2, 0.25) is 0 Å². The number of carbonyl (C=O) groups is 2. The number of hydrogen-bond acceptors (Lipinski definition) is 4. The van der Waals surface area contributed by atoms with Gasteiger partial charge in [0.25, 0.3) is 5.91 Å². The Morgan fingerprint density at radius 1 is 1.11 bits per heavy atom. The second kappa shape index (κ2) is 11.5. The van der Waals surface area contributed by atoms with Gasteiger partial charge in [0.2, 0.25) is 5.91 Å². The standard InChI is InChI=1S/C29H29FN2O4/c1-3-4-16-35-24-14-12-22(13-15-24)20(2)31-28(33)19-32-25-10-5-6-11-26(25)36-27(29(32)34)18-21-8-7-9-23(30)17-21/h5-15,17-18,20H,3-4,16,19H2,1-2H3,(H,31,33)/b27-18+. The van der Waals surface area contributed by atoms with E-state index in [0.717, 1.165) is 24.2 Å². The molecule has 1 heterocycles. The number of hydrogen-bond donors (Lipinski definition) is 1. The van der Waals surface area contributed by atoms with Crippen molar-refractivity contribution in [1.82, 2.24) is 5.32 Å². The first-order chi connectivity index (χ1) is 17.4. The van der Waals surface area contributed by atoms with Crippen molar-refractivity contribution in [3.63, 3.8) is 0 Å². The van der Waals surface area contributed by atoms with Crippen molar-refractivity contribution in [3.05, 3.63) is 95.5 Å². The van der Waals surface area contributed by atoms with E-state index in [1.165, 1.54) is 23.1 Å². The summed E-state index contributed by atoms with van der Waals surface area (Å²) in [5.41, 5.74) is 1.90. The van der Waals surface area contributed by atoms with Gasteiger partial charge in [-0.05, 0) is 66.9 Å². The fourth-order valence-corrected chi connectivity index (χ4v) is 3.87. The lowest BCUT2D eigenvalue weighted by molar-refractivity contribution is -0.123. The largest absolute Gasteiger partial charge is 0.494 e. The van der Waals surface area contributed by atoms with Crippen LogP contribution in [0.5, 0.6) is 11.5 Å². The molecule has 1 aliphatic heterocycles. The number of para-hydroxylation sites is 2. The molecule has 3 aromatic rings. The molecule has 1 N–H and O–H groups in total. The van der Waals surface area contributed by atoms with E-state index in [2.05, 4.69) is 12.2 Å². The second-order valence-corrected chi connectivity index (χ2v) is 8.58. The fraction of sp³-hybridized carbons (Fsp3) is 0.241. The maximum Gasteiger partial charge on any atom is 0.294 e. The summed E-state index contributed by atoms with van der Waals surface area (Å²) in [6, 6.07) is 20.2. The third kappa shape index (κ3) is 6.10. The van der Waals surface area contributed by atoms with Gasteiger partial charge in [0.1, 0.15) is 18.1 Å². The number of amides is 2. The minimum absolute atomic E-state index is 0.0128. The Morgan fingerprint density at radius 3 is 2.64 bits per heavy atom. The number of ether oxygens (including phenoxy) is 2. The average molecular weight is 489 g/mol. The number of benzene rings is 3. The monoisotopic (exact) mass is 488 g/mol. The van der Waals surface area contributed by atoms with Crippen molar-refractivity contribution in [2.24, 2.45) is 0 Å². The van der Waals surface area contributed by atoms with Gasteiger partial charge in [-0.25, -0.2) is 4.39 Å². The Kier molecular flexibility index (Phi) is 8.00. The first-order valence-corrected chi connectivity index (χ1v) is 12.0. The van der Waals surface area contributed by atoms with Gasteiger partial charge in [0, 0.05) is 0 Å². The fourth-order valence-electron chi connectivity index (χ4n) is 3.87. The predicted octanol–water partition coefficient (Wildman–Crippen LogP) is 5.65. The molecule has 0 bridgehead atoms. The quantitative estimate of drug-likeness (QED) is 0.312. The predicted molar refractivity (Wildman–Crippen MR) is 137 cm³/mol. The Labute approximate surface area is 210 Å². The molecule has 0 aliphatic carbocycles. The maximum absolute atomic E-state index is 13.6. The minimum Gasteiger partial charge on any atom is -0.494 e. The highest BCUT2D eigenvalue weighted by Gasteiger charge is 2.31. The van der Waals surface area contributed by atoms with Crippen molar-refractivity contribution in [2.45, 2.75) is 32.7 Å². The summed E-state index contributed by atoms with van der Waals surface area (Å²) >= 11 is 0. The molecule has 6 nitrogen and oxygen atoms in total. The van der Waals surface area contributed by atoms with E-state index in [0.29, 0.717) is 23.6 Å². The zero-order valence-electron chi connectivity index (χ0n) is 20.4. The average Bonchev–Trinajstić information content (AvgIpc) is 2.87. The van der Waals surface area contributed by atoms with E-state index in [-0.39, 0.29) is 24.3 Å². The smallest absolute Gasteiger partial charge is 0.294 e. The first kappa shape index (κ1) is 25.0. The van der Waals surface area contributed by atoms with Gasteiger partial charge in [0.05, 0.1) is 18.3 Å². The van der Waals surface area contributed by atoms with E-state index >= 15 is 0 Å². The third-order valence-corrected chi connectivity index (χ3v) is 5.80. The molecule has 2 amide bonds. The molecule has 7 heteroatoms. The first-order valence-electron chi connectivity index (χ1n) is 12.0. The molecule has 0 saturated carbocycles. The summed E-state index contributed by atoms with van der Waals surface area (Å²) in [5, 5.41) is 2.96. The number of fused-ring (bicyclic) bond motifs is 1. The number of carbonyl (C=O) groups excluding carboxylic acids is 2. The molecule has 186 valence electrons. The molecule has 1 aliphatic rings. The van der Waals surface area contributed by atoms with Gasteiger partial charge >= 0.3 is 0 Å². The molecule has 0 saturated heterocycles. The number of nitrogens with one attached hydrogen (secondary N) is 1. The van der Waals surface area contributed by atoms with E-state index in [1.807, 2.05) is 31.2 Å². The highest BCUT2D eigenvalue weighted by molar-refractivity contribution is 6.12. The van der Waals surface area contributed by atoms with Gasteiger partial charge in [-0.3, -0.25) is 14.5 Å². The molecule has 0 spiro atoms. The number of rotatable bonds is 9. The van der Waals surface area contributed by atoms with Crippen LogP contribution in [0.4, 0.5) is 10.1 Å². The SMILES string of the molecule is CCCCOc1ccc(C(C)NC(=O)CN2C(=O)/C(=C\c3cccc(F)c3)Oc3ccccc32)cc1. The van der Waals surface area contributed by atoms with Crippen LogP contribution in [0.3, 0.4) is 0 Å². The van der Waals surface area contributed by atoms with Gasteiger partial charge in [-0.2, -0.15) is 0 Å². The van der Waals surface area contributed by atoms with Crippen LogP contribution in [0, 0.1) is 5.82 Å². The number of nitrogens with zero attached hydrogens (tertiary/aromatic N) is 1. The summed E-state index contributed by atoms with van der Waals surface area (Å²) in [4.78, 5) is 27.6. The lowest BCUT2D eigenvalue weighted by Crippen LogP contribution is -2.44. The summed E-state index contributed by atoms with van der Waals surface area (Å²) in [7, 11) is 0. The number of unbranched alkanes of at least 4 members (excludes halogenated alkanes) is 1. The summed E-state index contributed by atoms with van der Waals surface area (Å²) in [5.74, 6) is 0.0333. The lowest BCUT2D eigenvalue weighted by atomic mass is 10.1. The molecule has 0 radical (unpaired) electrons. The molecular weight excluding hydrogens is 459 g/mol. The Balaban J connectivity index is 1.47. The van der Waals surface area contributed by atoms with Crippen molar-refractivity contribution in [2.75, 3.05) is 18.1 Å². The van der Waals surface area contributed by atoms with Crippen LogP contribution >= 0.6 is 0 Å². The molecule has 4 rings (SSSR count). The van der Waals surface area contributed by atoms with Gasteiger partial charge < -0.3 is 14.8 Å². The third-order valence-electron chi connectivity index (χ3n) is 5.80. The molecule has 3 aromatic carbocycles. The van der Waals surface area contributed by atoms with Crippen molar-refractivity contribution in [3.8, 4) is 11.5 Å². The normalized spacial score (nSPS) is 14.7. The molecule has 0 aromatic heterocycles. The van der Waals surface area contributed by atoms with Crippen molar-refractivity contribution >= 4 is 23.6 Å². The van der Waals surface area contributed by atoms with Crippen LogP contribution in [-0.4, -0.2) is 25.0 Å². The number of anilines is 1. The van der Waals surface area contributed by atoms with Crippen LogP contribution in [0.1, 0.15) is 43.9 Å². The Morgan fingerprint density at radius 2 is 1.89 bits per heavy atom. The summed E-state index contributed by atoms with van der Waals surface area (Å²) in [6.07, 6.45) is 3.54. The maximum atomic E-state index is 13.6. The Bertz CT molecular complexity index is 1260. The topological polar surface area (TPSA) is 67.9 Å². The van der Waals surface area contributed by atoms with Crippen LogP contribution in [-0.2, 0) is 9.59 Å². The van der Waals surface area contributed by atoms with Crippen LogP contribution in [0.25, 0.3) is 6.08 Å². The molecular formula is C29H29FN2O4. The lowest BCUT2D eigenvalue weighted by Gasteiger charge is -2.30. The van der Waals surface area contributed by atoms with E-state index in [4.69, 9.17) is 9.47 Å². The van der Waals surface area contributed by atoms with Gasteiger partial charge in [0.15, 0.2) is 11.5 Å². The van der Waals surface area contributed by atoms with Crippen LogP contribution < -0.4 is 19.7 Å². The van der Waals surface area contributed by atoms with Gasteiger partial charge in [-0.1, -0.05) is 49.7 Å².